The number of hydrogen-bond acceptors (Lipinski definition) is 4. The van der Waals surface area contributed by atoms with Gasteiger partial charge in [-0.1, -0.05) is 6.92 Å². The van der Waals surface area contributed by atoms with Crippen LogP contribution in [0.4, 0.5) is 0 Å². The van der Waals surface area contributed by atoms with E-state index in [9.17, 15) is 14.4 Å². The second kappa shape index (κ2) is 10.3. The average Bonchev–Trinajstić information content (AvgIpc) is 2.03. The summed E-state index contributed by atoms with van der Waals surface area (Å²) in [6, 6.07) is 0. The van der Waals surface area contributed by atoms with Gasteiger partial charge in [0.2, 0.25) is 0 Å². The zero-order valence-corrected chi connectivity index (χ0v) is 11.7. The number of rotatable bonds is 7. The molecule has 0 aliphatic carbocycles. The van der Waals surface area contributed by atoms with Crippen LogP contribution >= 0.6 is 0 Å². The zero-order valence-electron chi connectivity index (χ0n) is 9.67. The van der Waals surface area contributed by atoms with E-state index < -0.39 is 5.97 Å². The second-order valence-electron chi connectivity index (χ2n) is 2.99. The minimum absolute atomic E-state index is 0. The Morgan fingerprint density at radius 1 is 1.00 bits per heavy atom. The van der Waals surface area contributed by atoms with Crippen LogP contribution in [-0.2, 0) is 19.1 Å². The molecule has 0 saturated carbocycles. The average molecular weight is 223 g/mol. The van der Waals surface area contributed by atoms with Crippen LogP contribution in [0.3, 0.4) is 0 Å². The molecule has 0 fully saturated rings. The van der Waals surface area contributed by atoms with Gasteiger partial charge < -0.3 is 4.74 Å². The van der Waals surface area contributed by atoms with Gasteiger partial charge in [-0.2, -0.15) is 0 Å². The Morgan fingerprint density at radius 3 is 2.07 bits per heavy atom. The summed E-state index contributed by atoms with van der Waals surface area (Å²) >= 11 is 0. The molecule has 0 N–H and O–H groups in total. The second-order valence-corrected chi connectivity index (χ2v) is 2.99. The Labute approximate surface area is 112 Å². The van der Waals surface area contributed by atoms with E-state index in [0.717, 1.165) is 6.42 Å². The molecule has 0 aromatic carbocycles. The Bertz CT molecular complexity index is 203. The molecular weight excluding hydrogens is 207 g/mol. The quantitative estimate of drug-likeness (QED) is 0.365. The fraction of sp³-hybridized carbons (Fsp3) is 0.700. The number of hydrogen-bond donors (Lipinski definition) is 0. The molecule has 0 rings (SSSR count). The Kier molecular flexibility index (Phi) is 11.9. The molecule has 0 heterocycles. The molecule has 0 unspecified atom stereocenters. The number of carbonyl (C=O) groups is 3. The van der Waals surface area contributed by atoms with Crippen molar-refractivity contribution in [2.24, 2.45) is 0 Å². The van der Waals surface area contributed by atoms with Gasteiger partial charge in [-0.25, -0.2) is 0 Å². The van der Waals surface area contributed by atoms with E-state index in [4.69, 9.17) is 0 Å². The van der Waals surface area contributed by atoms with Gasteiger partial charge in [0.1, 0.15) is 12.2 Å². The van der Waals surface area contributed by atoms with Crippen molar-refractivity contribution in [3.63, 3.8) is 0 Å². The van der Waals surface area contributed by atoms with E-state index in [1.54, 1.807) is 6.92 Å². The molecule has 0 aliphatic rings. The standard InChI is InChI=1S/C10H16O4.Na/c1-3-5-8(11)6-9(12)7-10(13)14-4-2;/h3-7H2,1-2H3;. The minimum atomic E-state index is -0.554. The van der Waals surface area contributed by atoms with Crippen molar-refractivity contribution >= 4 is 47.1 Å². The molecule has 0 bridgehead atoms. The van der Waals surface area contributed by atoms with Crippen LogP contribution in [0.5, 0.6) is 0 Å². The molecule has 5 heteroatoms. The zero-order chi connectivity index (χ0) is 11.0. The minimum Gasteiger partial charge on any atom is -0.466 e. The van der Waals surface area contributed by atoms with Crippen LogP contribution in [-0.4, -0.2) is 53.7 Å². The molecular formula is C10H16NaO4. The summed E-state index contributed by atoms with van der Waals surface area (Å²) in [5.74, 6) is -1.02. The summed E-state index contributed by atoms with van der Waals surface area (Å²) in [6.07, 6.45) is 0.691. The van der Waals surface area contributed by atoms with Gasteiger partial charge >= 0.3 is 5.97 Å². The van der Waals surface area contributed by atoms with E-state index >= 15 is 0 Å². The van der Waals surface area contributed by atoms with E-state index in [1.165, 1.54) is 0 Å². The summed E-state index contributed by atoms with van der Waals surface area (Å²) in [5.41, 5.74) is 0. The van der Waals surface area contributed by atoms with Crippen LogP contribution in [0.15, 0.2) is 0 Å². The Morgan fingerprint density at radius 2 is 1.60 bits per heavy atom. The maximum Gasteiger partial charge on any atom is 0.313 e. The molecule has 81 valence electrons. The first kappa shape index (κ1) is 17.2. The van der Waals surface area contributed by atoms with E-state index in [0.29, 0.717) is 6.42 Å². The van der Waals surface area contributed by atoms with Gasteiger partial charge in [0, 0.05) is 36.0 Å². The third-order valence-corrected chi connectivity index (χ3v) is 1.57. The van der Waals surface area contributed by atoms with Crippen LogP contribution in [0.25, 0.3) is 0 Å². The number of esters is 1. The van der Waals surface area contributed by atoms with Crippen LogP contribution in [0.1, 0.15) is 39.5 Å². The normalized spacial score (nSPS) is 8.93. The monoisotopic (exact) mass is 223 g/mol. The molecule has 0 aromatic heterocycles. The van der Waals surface area contributed by atoms with Crippen molar-refractivity contribution < 1.29 is 19.1 Å². The SMILES string of the molecule is CCCC(=O)CC(=O)CC(=O)OCC.[Na]. The van der Waals surface area contributed by atoms with Crippen molar-refractivity contribution in [1.29, 1.82) is 0 Å². The van der Waals surface area contributed by atoms with Crippen molar-refractivity contribution in [2.75, 3.05) is 6.61 Å². The molecule has 4 nitrogen and oxygen atoms in total. The molecule has 0 spiro atoms. The number of Topliss-reactive ketones (excluding diaryl/α,β-unsaturated/α-hetero) is 2. The smallest absolute Gasteiger partial charge is 0.313 e. The topological polar surface area (TPSA) is 60.4 Å². The van der Waals surface area contributed by atoms with Crippen LogP contribution < -0.4 is 0 Å². The molecule has 1 radical (unpaired) electrons. The molecule has 0 amide bonds. The maximum atomic E-state index is 11.1. The summed E-state index contributed by atoms with van der Waals surface area (Å²) < 4.78 is 4.58. The van der Waals surface area contributed by atoms with E-state index in [-0.39, 0.29) is 60.6 Å². The van der Waals surface area contributed by atoms with Gasteiger partial charge in [-0.15, -0.1) is 0 Å². The molecule has 15 heavy (non-hydrogen) atoms. The molecule has 0 saturated heterocycles. The first-order valence-corrected chi connectivity index (χ1v) is 4.79. The Balaban J connectivity index is 0. The number of ether oxygens (including phenoxy) is 1. The van der Waals surface area contributed by atoms with E-state index in [2.05, 4.69) is 4.74 Å². The first-order chi connectivity index (χ1) is 6.60. The third kappa shape index (κ3) is 10.1. The first-order valence-electron chi connectivity index (χ1n) is 4.79. The fourth-order valence-corrected chi connectivity index (χ4v) is 1.02. The molecule has 0 aromatic rings. The predicted molar refractivity (Wildman–Crippen MR) is 56.5 cm³/mol. The number of ketones is 2. The summed E-state index contributed by atoms with van der Waals surface area (Å²) in [4.78, 5) is 33.0. The van der Waals surface area contributed by atoms with Crippen molar-refractivity contribution in [3.05, 3.63) is 0 Å². The van der Waals surface area contributed by atoms with Gasteiger partial charge in [0.05, 0.1) is 13.0 Å². The summed E-state index contributed by atoms with van der Waals surface area (Å²) in [6.45, 7) is 3.80. The van der Waals surface area contributed by atoms with Crippen LogP contribution in [0.2, 0.25) is 0 Å². The Hall–Kier alpha value is -0.190. The van der Waals surface area contributed by atoms with Gasteiger partial charge in [0.15, 0.2) is 5.78 Å². The van der Waals surface area contributed by atoms with Gasteiger partial charge in [-0.3, -0.25) is 14.4 Å². The fourth-order valence-electron chi connectivity index (χ4n) is 1.02. The number of carbonyl (C=O) groups excluding carboxylic acids is 3. The molecule has 0 atom stereocenters. The van der Waals surface area contributed by atoms with Crippen molar-refractivity contribution in [2.45, 2.75) is 39.5 Å². The van der Waals surface area contributed by atoms with Crippen molar-refractivity contribution in [1.82, 2.24) is 0 Å². The van der Waals surface area contributed by atoms with Gasteiger partial charge in [0.25, 0.3) is 0 Å². The third-order valence-electron chi connectivity index (χ3n) is 1.57. The van der Waals surface area contributed by atoms with E-state index in [1.807, 2.05) is 6.92 Å². The predicted octanol–water partition coefficient (Wildman–Crippen LogP) is 0.887. The van der Waals surface area contributed by atoms with Crippen molar-refractivity contribution in [3.8, 4) is 0 Å². The van der Waals surface area contributed by atoms with Crippen LogP contribution in [0, 0.1) is 0 Å². The summed E-state index contributed by atoms with van der Waals surface area (Å²) in [5, 5.41) is 0. The maximum absolute atomic E-state index is 11.1. The largest absolute Gasteiger partial charge is 0.466 e. The van der Waals surface area contributed by atoms with Gasteiger partial charge in [-0.05, 0) is 13.3 Å². The summed E-state index contributed by atoms with van der Waals surface area (Å²) in [7, 11) is 0. The molecule has 0 aliphatic heterocycles.